The van der Waals surface area contributed by atoms with E-state index < -0.39 is 17.1 Å². The van der Waals surface area contributed by atoms with Crippen LogP contribution in [0, 0.1) is 10.1 Å². The van der Waals surface area contributed by atoms with Gasteiger partial charge in [-0.05, 0) is 55.2 Å². The molecule has 0 heterocycles. The Balaban J connectivity index is 2.31. The van der Waals surface area contributed by atoms with Gasteiger partial charge in [-0.3, -0.25) is 10.1 Å². The van der Waals surface area contributed by atoms with Crippen molar-refractivity contribution < 1.29 is 29.0 Å². The van der Waals surface area contributed by atoms with Gasteiger partial charge in [0, 0.05) is 19.2 Å². The maximum Gasteiger partial charge on any atom is 0.410 e. The van der Waals surface area contributed by atoms with Crippen LogP contribution in [0.5, 0.6) is 17.2 Å². The molecule has 1 atom stereocenters. The van der Waals surface area contributed by atoms with Crippen LogP contribution >= 0.6 is 0 Å². The van der Waals surface area contributed by atoms with E-state index in [0.29, 0.717) is 30.0 Å². The van der Waals surface area contributed by atoms with Crippen molar-refractivity contribution in [1.82, 2.24) is 4.90 Å². The molecule has 0 aliphatic rings. The third kappa shape index (κ3) is 8.53. The number of nitrogens with zero attached hydrogens (tertiary/aromatic N) is 2. The molecule has 0 aliphatic carbocycles. The van der Waals surface area contributed by atoms with E-state index >= 15 is 0 Å². The predicted octanol–water partition coefficient (Wildman–Crippen LogP) is 7.64. The van der Waals surface area contributed by atoms with Crippen LogP contribution < -0.4 is 9.47 Å². The van der Waals surface area contributed by atoms with Crippen LogP contribution in [-0.4, -0.2) is 48.3 Å². The number of carbonyl (C=O) groups excluding carboxylic acids is 1. The summed E-state index contributed by atoms with van der Waals surface area (Å²) in [5.41, 5.74) is 1.30. The molecular formula is C29H42N2O7. The zero-order valence-corrected chi connectivity index (χ0v) is 23.3. The number of nitro groups is 1. The number of unbranched alkanes of at least 4 members (excludes halogenated alkanes) is 6. The zero-order chi connectivity index (χ0) is 28.1. The second-order valence-electron chi connectivity index (χ2n) is 9.40. The van der Waals surface area contributed by atoms with Crippen LogP contribution in [0.1, 0.15) is 83.8 Å². The lowest BCUT2D eigenvalue weighted by Crippen LogP contribution is -2.34. The summed E-state index contributed by atoms with van der Waals surface area (Å²) in [6.07, 6.45) is 6.98. The third-order valence-electron chi connectivity index (χ3n) is 6.55. The van der Waals surface area contributed by atoms with Gasteiger partial charge < -0.3 is 24.2 Å². The summed E-state index contributed by atoms with van der Waals surface area (Å²) in [4.78, 5) is 26.2. The minimum atomic E-state index is -0.856. The average molecular weight is 531 g/mol. The number of benzene rings is 2. The van der Waals surface area contributed by atoms with Gasteiger partial charge >= 0.3 is 6.09 Å². The number of nitro benzene ring substituents is 1. The highest BCUT2D eigenvalue weighted by Gasteiger charge is 2.25. The molecule has 0 saturated heterocycles. The summed E-state index contributed by atoms with van der Waals surface area (Å²) in [5, 5.41) is 22.2. The first-order valence-corrected chi connectivity index (χ1v) is 13.5. The van der Waals surface area contributed by atoms with E-state index in [-0.39, 0.29) is 22.7 Å². The maximum absolute atomic E-state index is 13.2. The highest BCUT2D eigenvalue weighted by atomic mass is 16.6. The highest BCUT2D eigenvalue weighted by Crippen LogP contribution is 2.41. The average Bonchev–Trinajstić information content (AvgIpc) is 2.91. The van der Waals surface area contributed by atoms with Crippen LogP contribution in [-0.2, 0) is 4.74 Å². The van der Waals surface area contributed by atoms with E-state index in [2.05, 4.69) is 13.8 Å². The van der Waals surface area contributed by atoms with Crippen LogP contribution in [0.3, 0.4) is 0 Å². The topological polar surface area (TPSA) is 111 Å². The number of phenolic OH excluding ortho intramolecular Hbond substituents is 1. The molecule has 2 rings (SSSR count). The van der Waals surface area contributed by atoms with Gasteiger partial charge in [-0.15, -0.1) is 0 Å². The number of aromatic hydroxyl groups is 1. The molecule has 0 aliphatic heterocycles. The molecule has 0 bridgehead atoms. The number of hydrogen-bond acceptors (Lipinski definition) is 7. The molecule has 1 amide bonds. The highest BCUT2D eigenvalue weighted by molar-refractivity contribution is 5.73. The second-order valence-corrected chi connectivity index (χ2v) is 9.40. The SMILES string of the molecule is CCCCCCN(CCCCCC)C(=O)OC(C)c1cc(-c2cc(O)c(OC)c(OC)c2)ccc1[N+](=O)[O-]. The number of hydrogen-bond donors (Lipinski definition) is 1. The van der Waals surface area contributed by atoms with Gasteiger partial charge in [0.2, 0.25) is 5.75 Å². The minimum Gasteiger partial charge on any atom is -0.504 e. The standard InChI is InChI=1S/C29H42N2O7/c1-6-8-10-12-16-30(17-13-11-9-7-2)29(33)38-21(3)24-18-22(14-15-25(24)31(34)35)23-19-26(32)28(37-5)27(20-23)36-4/h14-15,18-21,32H,6-13,16-17H2,1-5H3. The number of amides is 1. The predicted molar refractivity (Wildman–Crippen MR) is 148 cm³/mol. The molecule has 9 heteroatoms. The van der Waals surface area contributed by atoms with Crippen molar-refractivity contribution in [2.45, 2.75) is 78.2 Å². The molecule has 1 unspecified atom stereocenters. The summed E-state index contributed by atoms with van der Waals surface area (Å²) in [6.45, 7) is 7.13. The molecule has 9 nitrogen and oxygen atoms in total. The van der Waals surface area contributed by atoms with Gasteiger partial charge in [-0.1, -0.05) is 52.4 Å². The third-order valence-corrected chi connectivity index (χ3v) is 6.55. The van der Waals surface area contributed by atoms with Crippen molar-refractivity contribution in [2.24, 2.45) is 0 Å². The van der Waals surface area contributed by atoms with E-state index in [1.165, 1.54) is 26.4 Å². The lowest BCUT2D eigenvalue weighted by molar-refractivity contribution is -0.386. The Hall–Kier alpha value is -3.49. The van der Waals surface area contributed by atoms with E-state index in [9.17, 15) is 20.0 Å². The molecule has 0 radical (unpaired) electrons. The van der Waals surface area contributed by atoms with Crippen LogP contribution in [0.15, 0.2) is 30.3 Å². The van der Waals surface area contributed by atoms with E-state index in [1.807, 2.05) is 0 Å². The summed E-state index contributed by atoms with van der Waals surface area (Å²) >= 11 is 0. The van der Waals surface area contributed by atoms with Gasteiger partial charge in [0.25, 0.3) is 5.69 Å². The van der Waals surface area contributed by atoms with Gasteiger partial charge in [0.1, 0.15) is 6.10 Å². The fraction of sp³-hybridized carbons (Fsp3) is 0.552. The van der Waals surface area contributed by atoms with Crippen molar-refractivity contribution >= 4 is 11.8 Å². The van der Waals surface area contributed by atoms with Crippen molar-refractivity contribution in [2.75, 3.05) is 27.3 Å². The van der Waals surface area contributed by atoms with Gasteiger partial charge in [-0.25, -0.2) is 4.79 Å². The molecule has 0 aromatic heterocycles. The largest absolute Gasteiger partial charge is 0.504 e. The summed E-state index contributed by atoms with van der Waals surface area (Å²) in [6, 6.07) is 7.76. The van der Waals surface area contributed by atoms with Gasteiger partial charge in [0.15, 0.2) is 11.5 Å². The monoisotopic (exact) mass is 530 g/mol. The zero-order valence-electron chi connectivity index (χ0n) is 23.3. The Morgan fingerprint density at radius 1 is 0.947 bits per heavy atom. The Morgan fingerprint density at radius 2 is 1.58 bits per heavy atom. The van der Waals surface area contributed by atoms with Crippen molar-refractivity contribution in [1.29, 1.82) is 0 Å². The number of ether oxygens (including phenoxy) is 3. The Kier molecular flexibility index (Phi) is 12.7. The van der Waals surface area contributed by atoms with Crippen LogP contribution in [0.2, 0.25) is 0 Å². The maximum atomic E-state index is 13.2. The molecule has 0 fully saturated rings. The lowest BCUT2D eigenvalue weighted by atomic mass is 9.98. The molecule has 38 heavy (non-hydrogen) atoms. The first-order chi connectivity index (χ1) is 18.3. The summed E-state index contributed by atoms with van der Waals surface area (Å²) in [7, 11) is 2.88. The molecular weight excluding hydrogens is 488 g/mol. The Labute approximate surface area is 225 Å². The summed E-state index contributed by atoms with van der Waals surface area (Å²) in [5.74, 6) is 0.394. The Morgan fingerprint density at radius 3 is 2.11 bits per heavy atom. The van der Waals surface area contributed by atoms with Gasteiger partial charge in [-0.2, -0.15) is 0 Å². The molecule has 2 aromatic rings. The number of carbonyl (C=O) groups is 1. The minimum absolute atomic E-state index is 0.122. The van der Waals surface area contributed by atoms with Crippen LogP contribution in [0.4, 0.5) is 10.5 Å². The van der Waals surface area contributed by atoms with Gasteiger partial charge in [0.05, 0.1) is 24.7 Å². The Bertz CT molecular complexity index is 1050. The first-order valence-electron chi connectivity index (χ1n) is 13.5. The number of phenols is 1. The van der Waals surface area contributed by atoms with E-state index in [0.717, 1.165) is 51.4 Å². The van der Waals surface area contributed by atoms with E-state index in [1.54, 1.807) is 30.0 Å². The van der Waals surface area contributed by atoms with Crippen molar-refractivity contribution in [3.63, 3.8) is 0 Å². The lowest BCUT2D eigenvalue weighted by Gasteiger charge is -2.25. The molecule has 210 valence electrons. The number of rotatable bonds is 16. The molecule has 0 saturated carbocycles. The normalized spacial score (nSPS) is 11.6. The number of methoxy groups -OCH3 is 2. The van der Waals surface area contributed by atoms with Crippen molar-refractivity contribution in [3.05, 3.63) is 46.0 Å². The fourth-order valence-corrected chi connectivity index (χ4v) is 4.38. The fourth-order valence-electron chi connectivity index (χ4n) is 4.38. The molecule has 2 aromatic carbocycles. The van der Waals surface area contributed by atoms with Crippen molar-refractivity contribution in [3.8, 4) is 28.4 Å². The van der Waals surface area contributed by atoms with Crippen LogP contribution in [0.25, 0.3) is 11.1 Å². The smallest absolute Gasteiger partial charge is 0.410 e. The van der Waals surface area contributed by atoms with E-state index in [4.69, 9.17) is 14.2 Å². The molecule has 1 N–H and O–H groups in total. The summed E-state index contributed by atoms with van der Waals surface area (Å²) < 4.78 is 16.3. The molecule has 0 spiro atoms. The quantitative estimate of drug-likeness (QED) is 0.135. The first kappa shape index (κ1) is 30.7. The second kappa shape index (κ2) is 15.7.